The molecule has 242 valence electrons. The van der Waals surface area contributed by atoms with E-state index in [2.05, 4.69) is 20.4 Å². The van der Waals surface area contributed by atoms with Gasteiger partial charge in [-0.1, -0.05) is 0 Å². The maximum absolute atomic E-state index is 15.0. The summed E-state index contributed by atoms with van der Waals surface area (Å²) in [6.45, 7) is 0.121. The Morgan fingerprint density at radius 2 is 1.85 bits per heavy atom. The molecule has 0 saturated carbocycles. The van der Waals surface area contributed by atoms with Crippen molar-refractivity contribution in [3.05, 3.63) is 71.2 Å². The monoisotopic (exact) mass is 644 g/mol. The maximum atomic E-state index is 15.0. The number of hydrogen-bond donors (Lipinski definition) is 2. The number of pyridine rings is 1. The summed E-state index contributed by atoms with van der Waals surface area (Å²) in [7, 11) is 1.31. The molecule has 1 aromatic carbocycles. The number of halogens is 5. The second kappa shape index (κ2) is 12.2. The number of carbonyl (C=O) groups is 2. The zero-order valence-corrected chi connectivity index (χ0v) is 24.5. The number of alkyl halides is 3. The van der Waals surface area contributed by atoms with Crippen LogP contribution in [0.1, 0.15) is 39.1 Å². The van der Waals surface area contributed by atoms with Gasteiger partial charge in [0.25, 0.3) is 17.7 Å². The molecule has 6 rings (SSSR count). The number of nitrogen functional groups attached to an aromatic ring is 1. The zero-order chi connectivity index (χ0) is 32.7. The van der Waals surface area contributed by atoms with Gasteiger partial charge in [0.2, 0.25) is 5.88 Å². The number of hydrogen-bond acceptors (Lipinski definition) is 8. The number of nitrogens with one attached hydrogen (secondary N) is 1. The van der Waals surface area contributed by atoms with Crippen molar-refractivity contribution in [2.24, 2.45) is 0 Å². The van der Waals surface area contributed by atoms with E-state index in [1.54, 1.807) is 6.07 Å². The van der Waals surface area contributed by atoms with Crippen LogP contribution in [0.4, 0.5) is 27.8 Å². The molecular formula is C30H29F5N8O3. The first kappa shape index (κ1) is 31.1. The lowest BCUT2D eigenvalue weighted by Crippen LogP contribution is -2.42. The lowest BCUT2D eigenvalue weighted by atomic mass is 10.1. The molecule has 0 spiro atoms. The fourth-order valence-electron chi connectivity index (χ4n) is 5.79. The summed E-state index contributed by atoms with van der Waals surface area (Å²) in [5.41, 5.74) is 8.09. The molecule has 3 aromatic heterocycles. The fourth-order valence-corrected chi connectivity index (χ4v) is 5.79. The standard InChI is InChI=1S/C30H29F5N8O3/c1-46-28-19(27(44)40-23-14-42(13-22(23)33)29(45)16-2-3-20(31)21(32)9-16)8-17(11-37-28)24-10-18(25-26(36)38-15-39-43(24)25)12-41-6-4-30(34,35)5-7-41/h2-3,8-11,15,22-23H,4-7,12-14H2,1H3,(H,40,44)(H2,36,38,39)/t22-,23+/m0/s1. The van der Waals surface area contributed by atoms with Crippen molar-refractivity contribution in [3.63, 3.8) is 0 Å². The van der Waals surface area contributed by atoms with E-state index in [1.165, 1.54) is 30.2 Å². The molecule has 2 atom stereocenters. The van der Waals surface area contributed by atoms with E-state index >= 15 is 4.39 Å². The molecule has 2 aliphatic rings. The van der Waals surface area contributed by atoms with Gasteiger partial charge in [0.05, 0.1) is 25.4 Å². The van der Waals surface area contributed by atoms with Crippen molar-refractivity contribution in [2.45, 2.75) is 37.5 Å². The minimum Gasteiger partial charge on any atom is -0.480 e. The topological polar surface area (TPSA) is 131 Å². The Morgan fingerprint density at radius 1 is 1.09 bits per heavy atom. The number of likely N-dealkylation sites (tertiary alicyclic amines) is 2. The van der Waals surface area contributed by atoms with Crippen LogP contribution in [0, 0.1) is 11.6 Å². The van der Waals surface area contributed by atoms with Crippen molar-refractivity contribution in [1.29, 1.82) is 0 Å². The van der Waals surface area contributed by atoms with E-state index in [-0.39, 0.29) is 61.8 Å². The Morgan fingerprint density at radius 3 is 2.57 bits per heavy atom. The first-order valence-corrected chi connectivity index (χ1v) is 14.4. The van der Waals surface area contributed by atoms with Gasteiger partial charge in [0.15, 0.2) is 17.5 Å². The van der Waals surface area contributed by atoms with Crippen LogP contribution >= 0.6 is 0 Å². The predicted octanol–water partition coefficient (Wildman–Crippen LogP) is 3.48. The highest BCUT2D eigenvalue weighted by molar-refractivity contribution is 5.98. The molecule has 2 amide bonds. The molecule has 4 aromatic rings. The number of nitrogens with two attached hydrogens (primary N) is 1. The molecule has 46 heavy (non-hydrogen) atoms. The van der Waals surface area contributed by atoms with E-state index in [1.807, 2.05) is 4.90 Å². The minimum atomic E-state index is -2.70. The van der Waals surface area contributed by atoms with Gasteiger partial charge >= 0.3 is 0 Å². The Balaban J connectivity index is 1.24. The summed E-state index contributed by atoms with van der Waals surface area (Å²) in [5, 5.41) is 6.91. The summed E-state index contributed by atoms with van der Waals surface area (Å²) >= 11 is 0. The molecular weight excluding hydrogens is 615 g/mol. The third-order valence-corrected chi connectivity index (χ3v) is 8.25. The Kier molecular flexibility index (Phi) is 8.22. The third kappa shape index (κ3) is 6.03. The highest BCUT2D eigenvalue weighted by atomic mass is 19.3. The summed E-state index contributed by atoms with van der Waals surface area (Å²) in [4.78, 5) is 37.6. The van der Waals surface area contributed by atoms with Crippen LogP contribution in [0.2, 0.25) is 0 Å². The second-order valence-corrected chi connectivity index (χ2v) is 11.3. The van der Waals surface area contributed by atoms with Crippen LogP contribution in [0.5, 0.6) is 5.88 Å². The first-order chi connectivity index (χ1) is 21.9. The molecule has 2 aliphatic heterocycles. The predicted molar refractivity (Wildman–Crippen MR) is 155 cm³/mol. The summed E-state index contributed by atoms with van der Waals surface area (Å²) in [6.07, 6.45) is 0.561. The van der Waals surface area contributed by atoms with Crippen molar-refractivity contribution in [3.8, 4) is 17.1 Å². The molecule has 2 fully saturated rings. The highest BCUT2D eigenvalue weighted by Crippen LogP contribution is 2.33. The third-order valence-electron chi connectivity index (χ3n) is 8.25. The molecule has 0 bridgehead atoms. The number of piperidine rings is 1. The SMILES string of the molecule is COc1ncc(-c2cc(CN3CCC(F)(F)CC3)c3c(N)ncnn23)cc1C(=O)N[C@@H]1CN(C(=O)c2ccc(F)c(F)c2)C[C@@H]1F. The second-order valence-electron chi connectivity index (χ2n) is 11.3. The minimum absolute atomic E-state index is 0.0330. The largest absolute Gasteiger partial charge is 0.480 e. The van der Waals surface area contributed by atoms with E-state index in [0.29, 0.717) is 28.9 Å². The molecule has 16 heteroatoms. The maximum Gasteiger partial charge on any atom is 0.257 e. The number of aromatic nitrogens is 4. The molecule has 5 heterocycles. The fraction of sp³-hybridized carbons (Fsp3) is 0.367. The molecule has 0 radical (unpaired) electrons. The van der Waals surface area contributed by atoms with E-state index < -0.39 is 41.6 Å². The van der Waals surface area contributed by atoms with E-state index in [4.69, 9.17) is 10.5 Å². The Hall–Kier alpha value is -4.86. The number of anilines is 1. The quantitative estimate of drug-likeness (QED) is 0.293. The van der Waals surface area contributed by atoms with E-state index in [9.17, 15) is 27.2 Å². The van der Waals surface area contributed by atoms with Gasteiger partial charge < -0.3 is 20.7 Å². The molecule has 11 nitrogen and oxygen atoms in total. The van der Waals surface area contributed by atoms with Crippen LogP contribution in [-0.2, 0) is 6.54 Å². The van der Waals surface area contributed by atoms with Gasteiger partial charge in [-0.15, -0.1) is 0 Å². The van der Waals surface area contributed by atoms with Crippen molar-refractivity contribution >= 4 is 23.1 Å². The van der Waals surface area contributed by atoms with Crippen molar-refractivity contribution < 1.29 is 36.3 Å². The lowest BCUT2D eigenvalue weighted by Gasteiger charge is -2.31. The number of benzene rings is 1. The molecule has 0 aliphatic carbocycles. The van der Waals surface area contributed by atoms with Gasteiger partial charge in [-0.2, -0.15) is 5.10 Å². The zero-order valence-electron chi connectivity index (χ0n) is 24.5. The van der Waals surface area contributed by atoms with Gasteiger partial charge in [-0.05, 0) is 35.9 Å². The molecule has 0 unspecified atom stereocenters. The lowest BCUT2D eigenvalue weighted by molar-refractivity contribution is -0.0565. The van der Waals surface area contributed by atoms with E-state index in [0.717, 1.165) is 23.1 Å². The van der Waals surface area contributed by atoms with Crippen LogP contribution < -0.4 is 15.8 Å². The number of ether oxygens (including phenoxy) is 1. The summed E-state index contributed by atoms with van der Waals surface area (Å²) in [6, 6.07) is 4.79. The normalized spacial score (nSPS) is 19.8. The van der Waals surface area contributed by atoms with Crippen LogP contribution in [0.3, 0.4) is 0 Å². The average molecular weight is 645 g/mol. The first-order valence-electron chi connectivity index (χ1n) is 14.4. The van der Waals surface area contributed by atoms with Gasteiger partial charge in [0.1, 0.15) is 23.6 Å². The highest BCUT2D eigenvalue weighted by Gasteiger charge is 2.38. The summed E-state index contributed by atoms with van der Waals surface area (Å²) < 4.78 is 76.3. The number of nitrogens with zero attached hydrogens (tertiary/aromatic N) is 6. The number of carbonyl (C=O) groups excluding carboxylic acids is 2. The molecule has 2 saturated heterocycles. The summed E-state index contributed by atoms with van der Waals surface area (Å²) in [5.74, 6) is -6.34. The van der Waals surface area contributed by atoms with Crippen LogP contribution in [0.15, 0.2) is 42.9 Å². The van der Waals surface area contributed by atoms with Crippen molar-refractivity contribution in [1.82, 2.24) is 34.7 Å². The average Bonchev–Trinajstić information content (AvgIpc) is 3.59. The Bertz CT molecular complexity index is 1810. The van der Waals surface area contributed by atoms with Crippen LogP contribution in [0.25, 0.3) is 16.8 Å². The number of rotatable bonds is 7. The smallest absolute Gasteiger partial charge is 0.257 e. The van der Waals surface area contributed by atoms with Gasteiger partial charge in [-0.3, -0.25) is 14.5 Å². The number of fused-ring (bicyclic) bond motifs is 1. The van der Waals surface area contributed by atoms with Gasteiger partial charge in [0, 0.05) is 56.3 Å². The molecule has 3 N–H and O–H groups in total. The Labute approximate surface area is 259 Å². The van der Waals surface area contributed by atoms with Crippen LogP contribution in [-0.4, -0.2) is 92.6 Å². The van der Waals surface area contributed by atoms with Gasteiger partial charge in [-0.25, -0.2) is 36.4 Å². The number of amides is 2. The number of methoxy groups -OCH3 is 1. The van der Waals surface area contributed by atoms with Crippen molar-refractivity contribution in [2.75, 3.05) is 39.0 Å².